The van der Waals surface area contributed by atoms with E-state index in [4.69, 9.17) is 4.74 Å². The lowest BCUT2D eigenvalue weighted by Gasteiger charge is -2.26. The van der Waals surface area contributed by atoms with E-state index >= 15 is 0 Å². The zero-order chi connectivity index (χ0) is 15.6. The quantitative estimate of drug-likeness (QED) is 0.314. The highest BCUT2D eigenvalue weighted by Crippen LogP contribution is 2.09. The molecule has 0 saturated carbocycles. The maximum atomic E-state index is 5.38. The summed E-state index contributed by atoms with van der Waals surface area (Å²) >= 11 is 0. The van der Waals surface area contributed by atoms with Crippen LogP contribution in [0.3, 0.4) is 0 Å². The van der Waals surface area contributed by atoms with Crippen LogP contribution in [0.4, 0.5) is 0 Å². The normalized spacial score (nSPS) is 15.6. The van der Waals surface area contributed by atoms with E-state index in [2.05, 4.69) is 51.4 Å². The molecule has 1 aliphatic heterocycles. The minimum absolute atomic E-state index is 0. The van der Waals surface area contributed by atoms with Crippen LogP contribution in [0.15, 0.2) is 41.9 Å². The smallest absolute Gasteiger partial charge is 0.191 e. The summed E-state index contributed by atoms with van der Waals surface area (Å²) in [5.74, 6) is 0.789. The number of halogens is 1. The predicted octanol–water partition coefficient (Wildman–Crippen LogP) is 1.99. The van der Waals surface area contributed by atoms with Gasteiger partial charge in [-0.15, -0.1) is 30.6 Å². The van der Waals surface area contributed by atoms with Crippen LogP contribution in [0.1, 0.15) is 11.1 Å². The van der Waals surface area contributed by atoms with Crippen molar-refractivity contribution in [2.75, 3.05) is 39.9 Å². The monoisotopic (exact) mass is 430 g/mol. The van der Waals surface area contributed by atoms with Gasteiger partial charge in [0, 0.05) is 39.8 Å². The number of guanidine groups is 1. The second kappa shape index (κ2) is 11.4. The van der Waals surface area contributed by atoms with Gasteiger partial charge in [-0.25, -0.2) is 0 Å². The van der Waals surface area contributed by atoms with E-state index < -0.39 is 0 Å². The molecule has 0 radical (unpaired) electrons. The van der Waals surface area contributed by atoms with E-state index in [0.29, 0.717) is 6.54 Å². The average molecular weight is 430 g/mol. The lowest BCUT2D eigenvalue weighted by Crippen LogP contribution is -2.36. The van der Waals surface area contributed by atoms with Crippen molar-refractivity contribution in [3.8, 4) is 0 Å². The Morgan fingerprint density at radius 3 is 2.48 bits per heavy atom. The Morgan fingerprint density at radius 1 is 1.22 bits per heavy atom. The third-order valence-corrected chi connectivity index (χ3v) is 3.63. The van der Waals surface area contributed by atoms with Crippen molar-refractivity contribution >= 4 is 29.9 Å². The molecule has 5 nitrogen and oxygen atoms in total. The lowest BCUT2D eigenvalue weighted by atomic mass is 10.1. The van der Waals surface area contributed by atoms with Gasteiger partial charge in [0.1, 0.15) is 0 Å². The first-order valence-corrected chi connectivity index (χ1v) is 7.75. The number of rotatable bonds is 6. The van der Waals surface area contributed by atoms with Crippen molar-refractivity contribution in [3.63, 3.8) is 0 Å². The maximum Gasteiger partial charge on any atom is 0.191 e. The Balaban J connectivity index is 0.00000264. The Bertz CT molecular complexity index is 484. The first-order chi connectivity index (χ1) is 10.8. The Kier molecular flexibility index (Phi) is 9.89. The molecular formula is C17H27IN4O. The third kappa shape index (κ3) is 7.32. The van der Waals surface area contributed by atoms with Crippen LogP contribution in [0.25, 0.3) is 0 Å². The first-order valence-electron chi connectivity index (χ1n) is 7.75. The maximum absolute atomic E-state index is 5.38. The molecular weight excluding hydrogens is 403 g/mol. The molecule has 1 aromatic rings. The highest BCUT2D eigenvalue weighted by atomic mass is 127. The van der Waals surface area contributed by atoms with Crippen molar-refractivity contribution in [2.24, 2.45) is 4.99 Å². The fourth-order valence-electron chi connectivity index (χ4n) is 2.36. The second-order valence-corrected chi connectivity index (χ2v) is 5.30. The average Bonchev–Trinajstić information content (AvgIpc) is 2.57. The highest BCUT2D eigenvalue weighted by molar-refractivity contribution is 14.0. The lowest BCUT2D eigenvalue weighted by molar-refractivity contribution is 0.0342. The summed E-state index contributed by atoms with van der Waals surface area (Å²) in [4.78, 5) is 6.59. The largest absolute Gasteiger partial charge is 0.379 e. The number of hydrogen-bond donors (Lipinski definition) is 2. The van der Waals surface area contributed by atoms with Crippen LogP contribution in [0, 0.1) is 0 Å². The first kappa shape index (κ1) is 19.9. The SMILES string of the molecule is C=CCNC(=NC)NCc1ccc(CN2CCOCC2)cc1.I. The minimum Gasteiger partial charge on any atom is -0.379 e. The van der Waals surface area contributed by atoms with Crippen molar-refractivity contribution < 1.29 is 4.74 Å². The molecule has 2 N–H and O–H groups in total. The van der Waals surface area contributed by atoms with Crippen LogP contribution in [0.2, 0.25) is 0 Å². The molecule has 0 aromatic heterocycles. The summed E-state index contributed by atoms with van der Waals surface area (Å²) in [6, 6.07) is 8.74. The Labute approximate surface area is 156 Å². The number of nitrogens with zero attached hydrogens (tertiary/aromatic N) is 2. The van der Waals surface area contributed by atoms with E-state index in [-0.39, 0.29) is 24.0 Å². The summed E-state index contributed by atoms with van der Waals surface area (Å²) in [6.45, 7) is 9.89. The number of ether oxygens (including phenoxy) is 1. The van der Waals surface area contributed by atoms with Gasteiger partial charge in [0.05, 0.1) is 13.2 Å². The molecule has 0 aliphatic carbocycles. The summed E-state index contributed by atoms with van der Waals surface area (Å²) in [6.07, 6.45) is 1.81. The van der Waals surface area contributed by atoms with Crippen molar-refractivity contribution in [1.82, 2.24) is 15.5 Å². The molecule has 0 atom stereocenters. The van der Waals surface area contributed by atoms with Crippen molar-refractivity contribution in [1.29, 1.82) is 0 Å². The summed E-state index contributed by atoms with van der Waals surface area (Å²) < 4.78 is 5.38. The molecule has 2 rings (SSSR count). The van der Waals surface area contributed by atoms with Crippen LogP contribution in [-0.2, 0) is 17.8 Å². The van der Waals surface area contributed by atoms with E-state index in [9.17, 15) is 0 Å². The predicted molar refractivity (Wildman–Crippen MR) is 106 cm³/mol. The van der Waals surface area contributed by atoms with Gasteiger partial charge in [0.2, 0.25) is 0 Å². The molecule has 1 aliphatic rings. The van der Waals surface area contributed by atoms with Gasteiger partial charge in [-0.2, -0.15) is 0 Å². The van der Waals surface area contributed by atoms with Crippen LogP contribution in [0.5, 0.6) is 0 Å². The second-order valence-electron chi connectivity index (χ2n) is 5.30. The van der Waals surface area contributed by atoms with Crippen LogP contribution < -0.4 is 10.6 Å². The molecule has 0 amide bonds. The fraction of sp³-hybridized carbons (Fsp3) is 0.471. The molecule has 1 heterocycles. The van der Waals surface area contributed by atoms with Crippen molar-refractivity contribution in [3.05, 3.63) is 48.0 Å². The standard InChI is InChI=1S/C17H26N4O.HI/c1-3-8-19-17(18-2)20-13-15-4-6-16(7-5-15)14-21-9-11-22-12-10-21;/h3-7H,1,8-14H2,2H3,(H2,18,19,20);1H. The summed E-state index contributed by atoms with van der Waals surface area (Å²) in [5, 5.41) is 6.44. The van der Waals surface area contributed by atoms with E-state index in [1.165, 1.54) is 11.1 Å². The number of nitrogens with one attached hydrogen (secondary N) is 2. The molecule has 0 bridgehead atoms. The molecule has 1 saturated heterocycles. The summed E-state index contributed by atoms with van der Waals surface area (Å²) in [5.41, 5.74) is 2.59. The third-order valence-electron chi connectivity index (χ3n) is 3.63. The van der Waals surface area contributed by atoms with E-state index in [1.54, 1.807) is 7.05 Å². The number of aliphatic imine (C=N–C) groups is 1. The van der Waals surface area contributed by atoms with Gasteiger partial charge in [0.25, 0.3) is 0 Å². The van der Waals surface area contributed by atoms with Gasteiger partial charge in [0.15, 0.2) is 5.96 Å². The number of morpholine rings is 1. The molecule has 6 heteroatoms. The van der Waals surface area contributed by atoms with Crippen LogP contribution >= 0.6 is 24.0 Å². The molecule has 1 aromatic carbocycles. The summed E-state index contributed by atoms with van der Waals surface area (Å²) in [7, 11) is 1.77. The van der Waals surface area contributed by atoms with Gasteiger partial charge in [-0.3, -0.25) is 9.89 Å². The Hall–Kier alpha value is -1.12. The van der Waals surface area contributed by atoms with Gasteiger partial charge in [-0.05, 0) is 11.1 Å². The van der Waals surface area contributed by atoms with Crippen LogP contribution in [-0.4, -0.2) is 50.8 Å². The molecule has 23 heavy (non-hydrogen) atoms. The topological polar surface area (TPSA) is 48.9 Å². The van der Waals surface area contributed by atoms with Gasteiger partial charge < -0.3 is 15.4 Å². The van der Waals surface area contributed by atoms with Crippen molar-refractivity contribution in [2.45, 2.75) is 13.1 Å². The van der Waals surface area contributed by atoms with E-state index in [0.717, 1.165) is 45.4 Å². The highest BCUT2D eigenvalue weighted by Gasteiger charge is 2.10. The number of benzene rings is 1. The molecule has 128 valence electrons. The fourth-order valence-corrected chi connectivity index (χ4v) is 2.36. The Morgan fingerprint density at radius 2 is 1.87 bits per heavy atom. The number of hydrogen-bond acceptors (Lipinski definition) is 3. The molecule has 0 unspecified atom stereocenters. The molecule has 1 fully saturated rings. The molecule has 0 spiro atoms. The van der Waals surface area contributed by atoms with E-state index in [1.807, 2.05) is 6.08 Å². The van der Waals surface area contributed by atoms with Gasteiger partial charge in [-0.1, -0.05) is 30.3 Å². The zero-order valence-electron chi connectivity index (χ0n) is 13.8. The zero-order valence-corrected chi connectivity index (χ0v) is 16.1. The minimum atomic E-state index is 0. The van der Waals surface area contributed by atoms with Gasteiger partial charge >= 0.3 is 0 Å².